The molecule has 1 fully saturated rings. The van der Waals surface area contributed by atoms with Crippen molar-refractivity contribution in [1.82, 2.24) is 0 Å². The zero-order valence-electron chi connectivity index (χ0n) is 11.9. The Morgan fingerprint density at radius 3 is 2.65 bits per heavy atom. The fraction of sp³-hybridized carbons (Fsp3) is 0.562. The van der Waals surface area contributed by atoms with Gasteiger partial charge in [-0.25, -0.2) is 0 Å². The van der Waals surface area contributed by atoms with Crippen molar-refractivity contribution >= 4 is 29.0 Å². The molecule has 1 amide bonds. The quantitative estimate of drug-likeness (QED) is 0.592. The lowest BCUT2D eigenvalue weighted by Gasteiger charge is -2.08. The molecule has 1 aromatic rings. The number of carbonyl (C=O) groups is 1. The zero-order chi connectivity index (χ0) is 14.2. The zero-order valence-corrected chi connectivity index (χ0v) is 12.8. The topological polar surface area (TPSA) is 55.1 Å². The van der Waals surface area contributed by atoms with E-state index in [-0.39, 0.29) is 5.91 Å². The maximum atomic E-state index is 11.8. The van der Waals surface area contributed by atoms with Crippen molar-refractivity contribution in [2.45, 2.75) is 38.5 Å². The monoisotopic (exact) mass is 292 g/mol. The van der Waals surface area contributed by atoms with E-state index in [0.717, 1.165) is 23.8 Å². The molecule has 0 unspecified atom stereocenters. The second kappa shape index (κ2) is 8.20. The predicted molar refractivity (Wildman–Crippen MR) is 88.0 cm³/mol. The van der Waals surface area contributed by atoms with Crippen LogP contribution in [0.5, 0.6) is 0 Å². The Morgan fingerprint density at radius 1 is 1.25 bits per heavy atom. The van der Waals surface area contributed by atoms with E-state index in [1.165, 1.54) is 31.4 Å². The SMILES string of the molecule is Nc1ccc(NC(=O)CCCSCC2CCCC2)cc1. The molecule has 0 heterocycles. The molecule has 0 aliphatic heterocycles. The normalized spacial score (nSPS) is 15.4. The summed E-state index contributed by atoms with van der Waals surface area (Å²) in [6.07, 6.45) is 7.19. The minimum atomic E-state index is 0.0937. The minimum absolute atomic E-state index is 0.0937. The van der Waals surface area contributed by atoms with Crippen LogP contribution < -0.4 is 11.1 Å². The predicted octanol–water partition coefficient (Wildman–Crippen LogP) is 3.91. The highest BCUT2D eigenvalue weighted by Gasteiger charge is 2.14. The number of nitrogens with one attached hydrogen (secondary N) is 1. The first kappa shape index (κ1) is 15.2. The molecular formula is C16H24N2OS. The number of thioether (sulfide) groups is 1. The van der Waals surface area contributed by atoms with Crippen molar-refractivity contribution in [1.29, 1.82) is 0 Å². The molecule has 0 bridgehead atoms. The molecule has 0 radical (unpaired) electrons. The molecule has 0 atom stereocenters. The van der Waals surface area contributed by atoms with Crippen molar-refractivity contribution in [3.8, 4) is 0 Å². The molecule has 1 saturated carbocycles. The Labute approximate surface area is 125 Å². The summed E-state index contributed by atoms with van der Waals surface area (Å²) in [6.45, 7) is 0. The number of anilines is 2. The summed E-state index contributed by atoms with van der Waals surface area (Å²) in [5.41, 5.74) is 7.14. The molecule has 4 heteroatoms. The summed E-state index contributed by atoms with van der Waals surface area (Å²) >= 11 is 2.00. The Hall–Kier alpha value is -1.16. The number of nitrogens with two attached hydrogens (primary N) is 1. The molecule has 20 heavy (non-hydrogen) atoms. The van der Waals surface area contributed by atoms with E-state index in [0.29, 0.717) is 12.1 Å². The minimum Gasteiger partial charge on any atom is -0.399 e. The third-order valence-corrected chi connectivity index (χ3v) is 5.00. The van der Waals surface area contributed by atoms with Crippen LogP contribution >= 0.6 is 11.8 Å². The lowest BCUT2D eigenvalue weighted by Crippen LogP contribution is -2.11. The van der Waals surface area contributed by atoms with E-state index in [2.05, 4.69) is 5.32 Å². The number of hydrogen-bond donors (Lipinski definition) is 2. The highest BCUT2D eigenvalue weighted by atomic mass is 32.2. The van der Waals surface area contributed by atoms with Crippen molar-refractivity contribution < 1.29 is 4.79 Å². The standard InChI is InChI=1S/C16H24N2OS/c17-14-7-9-15(10-8-14)18-16(19)6-3-11-20-12-13-4-1-2-5-13/h7-10,13H,1-6,11-12,17H2,(H,18,19). The van der Waals surface area contributed by atoms with Crippen LogP contribution in [0.3, 0.4) is 0 Å². The first-order valence-corrected chi connectivity index (χ1v) is 8.62. The molecular weight excluding hydrogens is 268 g/mol. The third-order valence-electron chi connectivity index (χ3n) is 3.72. The summed E-state index contributed by atoms with van der Waals surface area (Å²) in [5.74, 6) is 3.39. The molecule has 0 saturated heterocycles. The molecule has 0 aromatic heterocycles. The maximum absolute atomic E-state index is 11.8. The van der Waals surface area contributed by atoms with Gasteiger partial charge in [0.05, 0.1) is 0 Å². The molecule has 2 rings (SSSR count). The fourth-order valence-electron chi connectivity index (χ4n) is 2.55. The maximum Gasteiger partial charge on any atom is 0.224 e. The third kappa shape index (κ3) is 5.45. The largest absolute Gasteiger partial charge is 0.399 e. The second-order valence-corrected chi connectivity index (χ2v) is 6.65. The van der Waals surface area contributed by atoms with Crippen LogP contribution in [0.1, 0.15) is 38.5 Å². The van der Waals surface area contributed by atoms with Crippen LogP contribution in [-0.4, -0.2) is 17.4 Å². The van der Waals surface area contributed by atoms with E-state index in [1.54, 1.807) is 12.1 Å². The van der Waals surface area contributed by atoms with Gasteiger partial charge in [-0.05, 0) is 61.0 Å². The molecule has 1 aliphatic rings. The van der Waals surface area contributed by atoms with Gasteiger partial charge in [0.15, 0.2) is 0 Å². The Morgan fingerprint density at radius 2 is 1.95 bits per heavy atom. The van der Waals surface area contributed by atoms with Crippen molar-refractivity contribution in [2.24, 2.45) is 5.92 Å². The van der Waals surface area contributed by atoms with E-state index in [4.69, 9.17) is 5.73 Å². The van der Waals surface area contributed by atoms with Crippen LogP contribution in [0.25, 0.3) is 0 Å². The average Bonchev–Trinajstić information content (AvgIpc) is 2.94. The number of nitrogen functional groups attached to an aromatic ring is 1. The van der Waals surface area contributed by atoms with Gasteiger partial charge in [0.2, 0.25) is 5.91 Å². The summed E-state index contributed by atoms with van der Waals surface area (Å²) in [4.78, 5) is 11.8. The first-order chi connectivity index (χ1) is 9.74. The van der Waals surface area contributed by atoms with Gasteiger partial charge in [0, 0.05) is 17.8 Å². The number of benzene rings is 1. The van der Waals surface area contributed by atoms with E-state index in [9.17, 15) is 4.79 Å². The van der Waals surface area contributed by atoms with Gasteiger partial charge < -0.3 is 11.1 Å². The highest BCUT2D eigenvalue weighted by Crippen LogP contribution is 2.28. The van der Waals surface area contributed by atoms with Gasteiger partial charge in [0.1, 0.15) is 0 Å². The van der Waals surface area contributed by atoms with Crippen molar-refractivity contribution in [3.63, 3.8) is 0 Å². The molecule has 1 aliphatic carbocycles. The fourth-order valence-corrected chi connectivity index (χ4v) is 3.73. The van der Waals surface area contributed by atoms with Crippen LogP contribution in [0, 0.1) is 5.92 Å². The Balaban J connectivity index is 1.54. The van der Waals surface area contributed by atoms with E-state index in [1.807, 2.05) is 23.9 Å². The van der Waals surface area contributed by atoms with Crippen molar-refractivity contribution in [3.05, 3.63) is 24.3 Å². The number of carbonyl (C=O) groups excluding carboxylic acids is 1. The van der Waals surface area contributed by atoms with Crippen LogP contribution in [0.4, 0.5) is 11.4 Å². The number of rotatable bonds is 7. The molecule has 110 valence electrons. The van der Waals surface area contributed by atoms with Gasteiger partial charge in [-0.2, -0.15) is 11.8 Å². The summed E-state index contributed by atoms with van der Waals surface area (Å²) in [5, 5.41) is 2.90. The molecule has 3 N–H and O–H groups in total. The molecule has 1 aromatic carbocycles. The van der Waals surface area contributed by atoms with Gasteiger partial charge >= 0.3 is 0 Å². The van der Waals surface area contributed by atoms with E-state index >= 15 is 0 Å². The van der Waals surface area contributed by atoms with E-state index < -0.39 is 0 Å². The van der Waals surface area contributed by atoms with Crippen molar-refractivity contribution in [2.75, 3.05) is 22.6 Å². The van der Waals surface area contributed by atoms with Crippen LogP contribution in [-0.2, 0) is 4.79 Å². The van der Waals surface area contributed by atoms with Crippen LogP contribution in [0.2, 0.25) is 0 Å². The summed E-state index contributed by atoms with van der Waals surface area (Å²) in [6, 6.07) is 7.27. The second-order valence-electron chi connectivity index (χ2n) is 5.50. The smallest absolute Gasteiger partial charge is 0.224 e. The van der Waals surface area contributed by atoms with Gasteiger partial charge in [0.25, 0.3) is 0 Å². The molecule has 3 nitrogen and oxygen atoms in total. The Bertz CT molecular complexity index is 413. The number of amides is 1. The van der Waals surface area contributed by atoms with Crippen LogP contribution in [0.15, 0.2) is 24.3 Å². The number of hydrogen-bond acceptors (Lipinski definition) is 3. The van der Waals surface area contributed by atoms with Gasteiger partial charge in [-0.15, -0.1) is 0 Å². The van der Waals surface area contributed by atoms with Gasteiger partial charge in [-0.3, -0.25) is 4.79 Å². The summed E-state index contributed by atoms with van der Waals surface area (Å²) < 4.78 is 0. The highest BCUT2D eigenvalue weighted by molar-refractivity contribution is 7.99. The summed E-state index contributed by atoms with van der Waals surface area (Å²) in [7, 11) is 0. The Kier molecular flexibility index (Phi) is 6.25. The first-order valence-electron chi connectivity index (χ1n) is 7.47. The lowest BCUT2D eigenvalue weighted by atomic mass is 10.1. The van der Waals surface area contributed by atoms with Gasteiger partial charge in [-0.1, -0.05) is 12.8 Å². The average molecular weight is 292 g/mol. The lowest BCUT2D eigenvalue weighted by molar-refractivity contribution is -0.116. The molecule has 0 spiro atoms.